The Hall–Kier alpha value is -1.49. The average molecular weight is 320 g/mol. The molecule has 0 saturated heterocycles. The predicted octanol–water partition coefficient (Wildman–Crippen LogP) is 2.64. The standard InChI is InChI=1S/C18H32N4O/c1-3-23-17(16-8-4-5-9-16)10-11-20-18(19-2)21-12-15-22-13-6-7-14-22/h6-7,13-14,16-17H,3-5,8-12,15H2,1-2H3,(H2,19,20,21). The summed E-state index contributed by atoms with van der Waals surface area (Å²) in [5, 5.41) is 6.77. The van der Waals surface area contributed by atoms with Gasteiger partial charge in [0, 0.05) is 45.7 Å². The number of nitrogens with one attached hydrogen (secondary N) is 2. The van der Waals surface area contributed by atoms with Crippen molar-refractivity contribution in [1.82, 2.24) is 15.2 Å². The average Bonchev–Trinajstić information content (AvgIpc) is 3.26. The number of guanidine groups is 1. The van der Waals surface area contributed by atoms with Crippen LogP contribution in [0, 0.1) is 5.92 Å². The van der Waals surface area contributed by atoms with E-state index in [1.807, 2.05) is 19.2 Å². The fraction of sp³-hybridized carbons (Fsp3) is 0.722. The smallest absolute Gasteiger partial charge is 0.191 e. The lowest BCUT2D eigenvalue weighted by molar-refractivity contribution is 0.0169. The van der Waals surface area contributed by atoms with Crippen LogP contribution in [0.1, 0.15) is 39.0 Å². The van der Waals surface area contributed by atoms with Crippen LogP contribution in [0.15, 0.2) is 29.5 Å². The summed E-state index contributed by atoms with van der Waals surface area (Å²) in [7, 11) is 1.82. The zero-order valence-corrected chi connectivity index (χ0v) is 14.6. The van der Waals surface area contributed by atoms with Crippen LogP contribution in [0.25, 0.3) is 0 Å². The molecule has 0 spiro atoms. The van der Waals surface area contributed by atoms with Crippen molar-refractivity contribution < 1.29 is 4.74 Å². The van der Waals surface area contributed by atoms with Gasteiger partial charge in [0.25, 0.3) is 0 Å². The lowest BCUT2D eigenvalue weighted by atomic mass is 9.98. The van der Waals surface area contributed by atoms with Crippen molar-refractivity contribution in [3.05, 3.63) is 24.5 Å². The molecule has 23 heavy (non-hydrogen) atoms. The number of rotatable bonds is 9. The number of ether oxygens (including phenoxy) is 1. The van der Waals surface area contributed by atoms with Crippen molar-refractivity contribution in [3.63, 3.8) is 0 Å². The molecule has 1 atom stereocenters. The Balaban J connectivity index is 1.65. The summed E-state index contributed by atoms with van der Waals surface area (Å²) in [6, 6.07) is 4.09. The highest BCUT2D eigenvalue weighted by molar-refractivity contribution is 5.79. The molecule has 5 heteroatoms. The lowest BCUT2D eigenvalue weighted by Gasteiger charge is -2.24. The van der Waals surface area contributed by atoms with Crippen LogP contribution in [-0.4, -0.2) is 43.4 Å². The van der Waals surface area contributed by atoms with Gasteiger partial charge in [-0.2, -0.15) is 0 Å². The first-order valence-corrected chi connectivity index (χ1v) is 9.00. The summed E-state index contributed by atoms with van der Waals surface area (Å²) in [6.07, 6.45) is 11.0. The third-order valence-corrected chi connectivity index (χ3v) is 4.58. The van der Waals surface area contributed by atoms with Crippen molar-refractivity contribution in [2.75, 3.05) is 26.7 Å². The van der Waals surface area contributed by atoms with E-state index in [-0.39, 0.29) is 0 Å². The zero-order chi connectivity index (χ0) is 16.3. The lowest BCUT2D eigenvalue weighted by Crippen LogP contribution is -2.40. The number of hydrogen-bond acceptors (Lipinski definition) is 2. The fourth-order valence-electron chi connectivity index (χ4n) is 3.37. The normalized spacial score (nSPS) is 17.4. The molecule has 1 unspecified atom stereocenters. The highest BCUT2D eigenvalue weighted by Crippen LogP contribution is 2.30. The molecule has 1 aliphatic rings. The molecule has 2 rings (SSSR count). The van der Waals surface area contributed by atoms with Crippen molar-refractivity contribution in [2.45, 2.75) is 51.7 Å². The van der Waals surface area contributed by atoms with E-state index in [9.17, 15) is 0 Å². The highest BCUT2D eigenvalue weighted by atomic mass is 16.5. The maximum Gasteiger partial charge on any atom is 0.191 e. The van der Waals surface area contributed by atoms with Gasteiger partial charge in [0.05, 0.1) is 6.10 Å². The van der Waals surface area contributed by atoms with Crippen LogP contribution < -0.4 is 10.6 Å². The summed E-state index contributed by atoms with van der Waals surface area (Å²) >= 11 is 0. The third kappa shape index (κ3) is 6.26. The molecule has 130 valence electrons. The van der Waals surface area contributed by atoms with E-state index in [0.717, 1.165) is 44.5 Å². The zero-order valence-electron chi connectivity index (χ0n) is 14.6. The molecule has 2 N–H and O–H groups in total. The molecule has 0 aromatic carbocycles. The molecule has 1 saturated carbocycles. The Labute approximate surface area is 140 Å². The number of aromatic nitrogens is 1. The van der Waals surface area contributed by atoms with Crippen LogP contribution in [0.5, 0.6) is 0 Å². The molecular formula is C18H32N4O. The molecule has 1 aromatic heterocycles. The Morgan fingerprint density at radius 2 is 1.91 bits per heavy atom. The third-order valence-electron chi connectivity index (χ3n) is 4.58. The van der Waals surface area contributed by atoms with Gasteiger partial charge in [-0.05, 0) is 44.2 Å². The molecule has 1 fully saturated rings. The largest absolute Gasteiger partial charge is 0.378 e. The fourth-order valence-corrected chi connectivity index (χ4v) is 3.37. The van der Waals surface area contributed by atoms with Gasteiger partial charge < -0.3 is 19.9 Å². The molecule has 0 amide bonds. The van der Waals surface area contributed by atoms with Crippen molar-refractivity contribution in [3.8, 4) is 0 Å². The number of aliphatic imine (C=N–C) groups is 1. The van der Waals surface area contributed by atoms with E-state index in [0.29, 0.717) is 6.10 Å². The minimum Gasteiger partial charge on any atom is -0.378 e. The van der Waals surface area contributed by atoms with Crippen LogP contribution in [0.4, 0.5) is 0 Å². The van der Waals surface area contributed by atoms with Gasteiger partial charge in [-0.15, -0.1) is 0 Å². The summed E-state index contributed by atoms with van der Waals surface area (Å²) in [4.78, 5) is 4.29. The summed E-state index contributed by atoms with van der Waals surface area (Å²) in [6.45, 7) is 5.62. The molecule has 0 aliphatic heterocycles. The van der Waals surface area contributed by atoms with E-state index in [2.05, 4.69) is 39.5 Å². The molecule has 0 radical (unpaired) electrons. The molecule has 1 heterocycles. The second-order valence-electron chi connectivity index (χ2n) is 6.17. The number of hydrogen-bond donors (Lipinski definition) is 2. The van der Waals surface area contributed by atoms with Crippen molar-refractivity contribution in [1.29, 1.82) is 0 Å². The number of nitrogens with zero attached hydrogens (tertiary/aromatic N) is 2. The summed E-state index contributed by atoms with van der Waals surface area (Å²) in [5.41, 5.74) is 0. The minimum atomic E-state index is 0.396. The quantitative estimate of drug-likeness (QED) is 0.543. The summed E-state index contributed by atoms with van der Waals surface area (Å²) in [5.74, 6) is 1.62. The van der Waals surface area contributed by atoms with Gasteiger partial charge in [-0.25, -0.2) is 0 Å². The van der Waals surface area contributed by atoms with E-state index >= 15 is 0 Å². The summed E-state index contributed by atoms with van der Waals surface area (Å²) < 4.78 is 8.13. The van der Waals surface area contributed by atoms with Gasteiger partial charge in [-0.1, -0.05) is 12.8 Å². The van der Waals surface area contributed by atoms with Crippen molar-refractivity contribution in [2.24, 2.45) is 10.9 Å². The van der Waals surface area contributed by atoms with Gasteiger partial charge in [0.15, 0.2) is 5.96 Å². The first-order chi connectivity index (χ1) is 11.3. The van der Waals surface area contributed by atoms with E-state index < -0.39 is 0 Å². The second-order valence-corrected chi connectivity index (χ2v) is 6.17. The highest BCUT2D eigenvalue weighted by Gasteiger charge is 2.24. The molecule has 1 aromatic rings. The molecule has 1 aliphatic carbocycles. The second kappa shape index (κ2) is 10.3. The maximum atomic E-state index is 5.97. The first kappa shape index (κ1) is 17.9. The topological polar surface area (TPSA) is 50.6 Å². The minimum absolute atomic E-state index is 0.396. The first-order valence-electron chi connectivity index (χ1n) is 9.00. The van der Waals surface area contributed by atoms with Gasteiger partial charge in [0.2, 0.25) is 0 Å². The predicted molar refractivity (Wildman–Crippen MR) is 95.8 cm³/mol. The van der Waals surface area contributed by atoms with Gasteiger partial charge >= 0.3 is 0 Å². The molecule has 0 bridgehead atoms. The van der Waals surface area contributed by atoms with Gasteiger partial charge in [-0.3, -0.25) is 4.99 Å². The Morgan fingerprint density at radius 1 is 1.22 bits per heavy atom. The van der Waals surface area contributed by atoms with Crippen LogP contribution in [0.2, 0.25) is 0 Å². The monoisotopic (exact) mass is 320 g/mol. The maximum absolute atomic E-state index is 5.97. The Bertz CT molecular complexity index is 438. The van der Waals surface area contributed by atoms with E-state index in [1.165, 1.54) is 25.7 Å². The van der Waals surface area contributed by atoms with Crippen LogP contribution >= 0.6 is 0 Å². The SMILES string of the molecule is CCOC(CCNC(=NC)NCCn1cccc1)C1CCCC1. The molecular weight excluding hydrogens is 288 g/mol. The van der Waals surface area contributed by atoms with E-state index in [4.69, 9.17) is 4.74 Å². The van der Waals surface area contributed by atoms with Crippen LogP contribution in [0.3, 0.4) is 0 Å². The van der Waals surface area contributed by atoms with E-state index in [1.54, 1.807) is 0 Å². The molecule has 5 nitrogen and oxygen atoms in total. The van der Waals surface area contributed by atoms with Crippen LogP contribution in [-0.2, 0) is 11.3 Å². The van der Waals surface area contributed by atoms with Crippen molar-refractivity contribution >= 4 is 5.96 Å². The Morgan fingerprint density at radius 3 is 2.57 bits per heavy atom. The van der Waals surface area contributed by atoms with Gasteiger partial charge in [0.1, 0.15) is 0 Å². The Kier molecular flexibility index (Phi) is 8.01.